The summed E-state index contributed by atoms with van der Waals surface area (Å²) in [5, 5.41) is 17.8. The van der Waals surface area contributed by atoms with E-state index in [1.807, 2.05) is 0 Å². The number of hydroxylamine groups is 2. The normalized spacial score (nSPS) is 16.0. The van der Waals surface area contributed by atoms with Gasteiger partial charge in [-0.15, -0.1) is 0 Å². The molecule has 13 heavy (non-hydrogen) atoms. The van der Waals surface area contributed by atoms with Gasteiger partial charge in [-0.1, -0.05) is 5.06 Å². The maximum atomic E-state index is 11.0. The SMILES string of the molecule is CC(=O)ON1C(=O)CC([N+]#N)=C1O. The fraction of sp³-hybridized carbons (Fsp3) is 0.333. The first-order chi connectivity index (χ1) is 6.06. The van der Waals surface area contributed by atoms with E-state index in [1.165, 1.54) is 0 Å². The van der Waals surface area contributed by atoms with Gasteiger partial charge in [-0.2, -0.15) is 0 Å². The summed E-state index contributed by atoms with van der Waals surface area (Å²) in [6.45, 7) is 1.08. The molecule has 0 fully saturated rings. The lowest BCUT2D eigenvalue weighted by molar-refractivity contribution is -0.192. The van der Waals surface area contributed by atoms with E-state index >= 15 is 0 Å². The third-order valence-corrected chi connectivity index (χ3v) is 1.34. The highest BCUT2D eigenvalue weighted by Gasteiger charge is 2.41. The van der Waals surface area contributed by atoms with Crippen molar-refractivity contribution in [3.63, 3.8) is 0 Å². The smallest absolute Gasteiger partial charge is 0.433 e. The molecule has 1 amide bonds. The summed E-state index contributed by atoms with van der Waals surface area (Å²) in [6.07, 6.45) is -0.296. The lowest BCUT2D eigenvalue weighted by Crippen LogP contribution is -2.27. The van der Waals surface area contributed by atoms with Crippen LogP contribution in [0.5, 0.6) is 0 Å². The Morgan fingerprint density at radius 3 is 2.77 bits per heavy atom. The lowest BCUT2D eigenvalue weighted by atomic mass is 10.4. The van der Waals surface area contributed by atoms with E-state index in [2.05, 4.69) is 9.81 Å². The summed E-state index contributed by atoms with van der Waals surface area (Å²) in [4.78, 5) is 28.4. The van der Waals surface area contributed by atoms with Crippen molar-refractivity contribution in [3.8, 4) is 0 Å². The van der Waals surface area contributed by atoms with E-state index in [9.17, 15) is 9.59 Å². The van der Waals surface area contributed by atoms with E-state index in [4.69, 9.17) is 10.5 Å². The van der Waals surface area contributed by atoms with Gasteiger partial charge in [0, 0.05) is 6.92 Å². The van der Waals surface area contributed by atoms with Crippen molar-refractivity contribution >= 4 is 11.9 Å². The van der Waals surface area contributed by atoms with E-state index in [1.54, 1.807) is 0 Å². The third-order valence-electron chi connectivity index (χ3n) is 1.34. The number of nitrogens with zero attached hydrogens (tertiary/aromatic N) is 3. The number of carbonyl (C=O) groups excluding carboxylic acids is 2. The van der Waals surface area contributed by atoms with Crippen LogP contribution in [0.25, 0.3) is 4.98 Å². The highest BCUT2D eigenvalue weighted by molar-refractivity contribution is 5.84. The molecule has 0 bridgehead atoms. The Morgan fingerprint density at radius 2 is 2.38 bits per heavy atom. The molecule has 0 aromatic rings. The molecule has 0 aliphatic carbocycles. The average Bonchev–Trinajstić information content (AvgIpc) is 2.31. The van der Waals surface area contributed by atoms with Gasteiger partial charge in [-0.25, -0.2) is 4.79 Å². The molecule has 0 spiro atoms. The molecule has 0 unspecified atom stereocenters. The molecule has 1 aliphatic rings. The predicted octanol–water partition coefficient (Wildman–Crippen LogP) is 0.277. The van der Waals surface area contributed by atoms with Crippen LogP contribution < -0.4 is 0 Å². The Balaban J connectivity index is 2.87. The van der Waals surface area contributed by atoms with E-state index in [0.717, 1.165) is 6.92 Å². The number of diazo groups is 1. The summed E-state index contributed by atoms with van der Waals surface area (Å²) in [7, 11) is 0. The van der Waals surface area contributed by atoms with Crippen LogP contribution in [-0.4, -0.2) is 22.0 Å². The molecule has 7 heteroatoms. The number of rotatable bonds is 1. The summed E-state index contributed by atoms with van der Waals surface area (Å²) in [5.41, 5.74) is -0.230. The van der Waals surface area contributed by atoms with Crippen LogP contribution in [0.1, 0.15) is 13.3 Å². The number of carbonyl (C=O) groups is 2. The van der Waals surface area contributed by atoms with Crippen LogP contribution in [0, 0.1) is 5.39 Å². The molecular weight excluding hydrogens is 178 g/mol. The molecule has 7 nitrogen and oxygen atoms in total. The highest BCUT2D eigenvalue weighted by Crippen LogP contribution is 2.23. The number of amides is 1. The van der Waals surface area contributed by atoms with Crippen LogP contribution in [-0.2, 0) is 14.4 Å². The summed E-state index contributed by atoms with van der Waals surface area (Å²) in [5.74, 6) is -2.08. The Bertz CT molecular complexity index is 340. The molecule has 0 saturated heterocycles. The third kappa shape index (κ3) is 1.56. The summed E-state index contributed by atoms with van der Waals surface area (Å²) < 4.78 is 0. The molecule has 0 atom stereocenters. The zero-order chi connectivity index (χ0) is 10.0. The van der Waals surface area contributed by atoms with Crippen molar-refractivity contribution in [2.45, 2.75) is 13.3 Å². The van der Waals surface area contributed by atoms with Crippen LogP contribution in [0.2, 0.25) is 0 Å². The summed E-state index contributed by atoms with van der Waals surface area (Å²) in [6, 6.07) is 0. The van der Waals surface area contributed by atoms with Crippen LogP contribution in [0.3, 0.4) is 0 Å². The predicted molar refractivity (Wildman–Crippen MR) is 38.0 cm³/mol. The van der Waals surface area contributed by atoms with Gasteiger partial charge in [0.05, 0.1) is 0 Å². The van der Waals surface area contributed by atoms with E-state index < -0.39 is 17.8 Å². The van der Waals surface area contributed by atoms with Gasteiger partial charge in [0.2, 0.25) is 5.39 Å². The molecule has 68 valence electrons. The monoisotopic (exact) mass is 184 g/mol. The van der Waals surface area contributed by atoms with Crippen molar-refractivity contribution in [1.82, 2.24) is 5.06 Å². The van der Waals surface area contributed by atoms with Gasteiger partial charge in [0.15, 0.2) is 4.98 Å². The van der Waals surface area contributed by atoms with Gasteiger partial charge >= 0.3 is 17.5 Å². The second-order valence-corrected chi connectivity index (χ2v) is 2.32. The lowest BCUT2D eigenvalue weighted by Gasteiger charge is -2.10. The molecule has 0 aromatic heterocycles. The molecule has 1 N–H and O–H groups in total. The van der Waals surface area contributed by atoms with Gasteiger partial charge in [0.25, 0.3) is 5.91 Å². The highest BCUT2D eigenvalue weighted by atomic mass is 16.7. The zero-order valence-electron chi connectivity index (χ0n) is 6.72. The molecular formula is C6H6N3O4+. The maximum absolute atomic E-state index is 11.0. The second-order valence-electron chi connectivity index (χ2n) is 2.32. The van der Waals surface area contributed by atoms with Crippen molar-refractivity contribution in [1.29, 1.82) is 5.39 Å². The molecule has 1 heterocycles. The number of aliphatic hydroxyl groups excluding tert-OH is 1. The van der Waals surface area contributed by atoms with Gasteiger partial charge in [0.1, 0.15) is 6.42 Å². The first kappa shape index (κ1) is 8.99. The van der Waals surface area contributed by atoms with Gasteiger partial charge < -0.3 is 9.94 Å². The minimum absolute atomic E-state index is 0.230. The number of hydrogen-bond acceptors (Lipinski definition) is 5. The minimum Gasteiger partial charge on any atom is -0.487 e. The fourth-order valence-electron chi connectivity index (χ4n) is 0.832. The molecule has 1 aliphatic heterocycles. The standard InChI is InChI=1S/C6H5N3O4/c1-3(10)13-9-5(11)2-4(8-7)6(9)12/h2H2,1H3/p+1. The number of aliphatic hydroxyl groups is 1. The number of hydrogen-bond donors (Lipinski definition) is 1. The first-order valence-electron chi connectivity index (χ1n) is 3.35. The Morgan fingerprint density at radius 1 is 1.77 bits per heavy atom. The van der Waals surface area contributed by atoms with E-state index in [0.29, 0.717) is 5.06 Å². The first-order valence-corrected chi connectivity index (χ1v) is 3.35. The van der Waals surface area contributed by atoms with Crippen molar-refractivity contribution in [3.05, 3.63) is 16.6 Å². The Labute approximate surface area is 72.8 Å². The minimum atomic E-state index is -0.751. The summed E-state index contributed by atoms with van der Waals surface area (Å²) >= 11 is 0. The van der Waals surface area contributed by atoms with Crippen molar-refractivity contribution in [2.24, 2.45) is 0 Å². The Hall–Kier alpha value is -2.10. The van der Waals surface area contributed by atoms with Gasteiger partial charge in [-0.05, 0) is 0 Å². The van der Waals surface area contributed by atoms with E-state index in [-0.39, 0.29) is 12.1 Å². The maximum Gasteiger partial charge on any atom is 0.433 e. The second kappa shape index (κ2) is 3.10. The molecule has 0 saturated carbocycles. The van der Waals surface area contributed by atoms with Crippen LogP contribution in [0.4, 0.5) is 0 Å². The quantitative estimate of drug-likeness (QED) is 0.590. The molecule has 0 aromatic carbocycles. The zero-order valence-corrected chi connectivity index (χ0v) is 6.72. The van der Waals surface area contributed by atoms with Gasteiger partial charge in [-0.3, -0.25) is 4.79 Å². The Kier molecular flexibility index (Phi) is 2.15. The van der Waals surface area contributed by atoms with Crippen LogP contribution >= 0.6 is 0 Å². The molecule has 1 rings (SSSR count). The van der Waals surface area contributed by atoms with Crippen LogP contribution in [0.15, 0.2) is 11.6 Å². The largest absolute Gasteiger partial charge is 0.487 e. The van der Waals surface area contributed by atoms with Crippen molar-refractivity contribution < 1.29 is 19.5 Å². The fourth-order valence-corrected chi connectivity index (χ4v) is 0.832. The van der Waals surface area contributed by atoms with Crippen molar-refractivity contribution in [2.75, 3.05) is 0 Å². The molecule has 0 radical (unpaired) electrons. The topological polar surface area (TPSA) is 95.0 Å². The average molecular weight is 184 g/mol.